The lowest BCUT2D eigenvalue weighted by atomic mass is 10.3. The zero-order valence-corrected chi connectivity index (χ0v) is 10.4. The molecule has 0 fully saturated rings. The maximum absolute atomic E-state index is 11.2. The summed E-state index contributed by atoms with van der Waals surface area (Å²) in [6, 6.07) is 0. The highest BCUT2D eigenvalue weighted by molar-refractivity contribution is 7.99. The lowest BCUT2D eigenvalue weighted by Gasteiger charge is -2.02. The van der Waals surface area contributed by atoms with E-state index in [1.807, 2.05) is 0 Å². The number of hydrogen-bond acceptors (Lipinski definition) is 5. The topological polar surface area (TPSA) is 85.8 Å². The second-order valence-corrected chi connectivity index (χ2v) is 4.48. The number of nitrogens with zero attached hydrogens (tertiary/aromatic N) is 5. The van der Waals surface area contributed by atoms with E-state index in [0.717, 1.165) is 0 Å². The lowest BCUT2D eigenvalue weighted by molar-refractivity contribution is 0.0692. The van der Waals surface area contributed by atoms with Crippen LogP contribution >= 0.6 is 11.8 Å². The molecule has 8 heteroatoms. The van der Waals surface area contributed by atoms with Crippen molar-refractivity contribution >= 4 is 17.7 Å². The van der Waals surface area contributed by atoms with E-state index >= 15 is 0 Å². The molecular weight excluding hydrogens is 242 g/mol. The maximum Gasteiger partial charge on any atom is 0.340 e. The van der Waals surface area contributed by atoms with Crippen molar-refractivity contribution in [2.24, 2.45) is 14.1 Å². The fourth-order valence-electron chi connectivity index (χ4n) is 1.45. The standard InChI is InChI=1S/C9H11N5O2S/c1-5-6(8(15)16)7(14(3)12-5)17-9-11-10-4-13(9)2/h4H,1-3H3,(H,15,16). The van der Waals surface area contributed by atoms with Gasteiger partial charge in [-0.15, -0.1) is 10.2 Å². The van der Waals surface area contributed by atoms with E-state index in [2.05, 4.69) is 15.3 Å². The van der Waals surface area contributed by atoms with Gasteiger partial charge in [-0.3, -0.25) is 4.68 Å². The van der Waals surface area contributed by atoms with Gasteiger partial charge in [0.2, 0.25) is 0 Å². The third kappa shape index (κ3) is 2.03. The van der Waals surface area contributed by atoms with Crippen LogP contribution in [0.2, 0.25) is 0 Å². The first-order valence-electron chi connectivity index (χ1n) is 4.79. The van der Waals surface area contributed by atoms with Gasteiger partial charge in [0, 0.05) is 14.1 Å². The molecule has 2 aromatic heterocycles. The zero-order chi connectivity index (χ0) is 12.6. The van der Waals surface area contributed by atoms with E-state index < -0.39 is 5.97 Å². The largest absolute Gasteiger partial charge is 0.478 e. The summed E-state index contributed by atoms with van der Waals surface area (Å²) in [7, 11) is 3.50. The molecule has 0 unspecified atom stereocenters. The Morgan fingerprint density at radius 1 is 1.47 bits per heavy atom. The Labute approximate surface area is 101 Å². The molecule has 2 heterocycles. The molecule has 7 nitrogen and oxygen atoms in total. The van der Waals surface area contributed by atoms with Crippen LogP contribution < -0.4 is 0 Å². The van der Waals surface area contributed by atoms with Crippen LogP contribution in [0, 0.1) is 6.92 Å². The summed E-state index contributed by atoms with van der Waals surface area (Å²) >= 11 is 1.23. The third-order valence-corrected chi connectivity index (χ3v) is 3.46. The Morgan fingerprint density at radius 3 is 2.71 bits per heavy atom. The Balaban J connectivity index is 2.45. The average molecular weight is 253 g/mol. The highest BCUT2D eigenvalue weighted by atomic mass is 32.2. The fourth-order valence-corrected chi connectivity index (χ4v) is 2.41. The van der Waals surface area contributed by atoms with E-state index in [4.69, 9.17) is 5.11 Å². The Kier molecular flexibility index (Phi) is 2.88. The number of aromatic carboxylic acids is 1. The number of hydrogen-bond donors (Lipinski definition) is 1. The van der Waals surface area contributed by atoms with Crippen LogP contribution in [0.25, 0.3) is 0 Å². The molecule has 0 radical (unpaired) electrons. The van der Waals surface area contributed by atoms with Gasteiger partial charge in [0.15, 0.2) is 5.16 Å². The minimum atomic E-state index is -0.986. The van der Waals surface area contributed by atoms with Crippen molar-refractivity contribution in [2.45, 2.75) is 17.1 Å². The molecule has 0 aliphatic rings. The van der Waals surface area contributed by atoms with E-state index in [0.29, 0.717) is 15.9 Å². The minimum absolute atomic E-state index is 0.209. The van der Waals surface area contributed by atoms with Gasteiger partial charge in [0.25, 0.3) is 0 Å². The number of aromatic nitrogens is 5. The van der Waals surface area contributed by atoms with Gasteiger partial charge in [0.1, 0.15) is 16.9 Å². The first-order chi connectivity index (χ1) is 8.00. The van der Waals surface area contributed by atoms with Crippen LogP contribution in [-0.2, 0) is 14.1 Å². The van der Waals surface area contributed by atoms with Crippen LogP contribution in [0.3, 0.4) is 0 Å². The summed E-state index contributed by atoms with van der Waals surface area (Å²) in [5, 5.41) is 22.1. The van der Waals surface area contributed by atoms with Crippen LogP contribution in [0.15, 0.2) is 16.5 Å². The minimum Gasteiger partial charge on any atom is -0.478 e. The highest BCUT2D eigenvalue weighted by Gasteiger charge is 2.21. The molecule has 2 rings (SSSR count). The van der Waals surface area contributed by atoms with Gasteiger partial charge in [0.05, 0.1) is 5.69 Å². The van der Waals surface area contributed by atoms with E-state index in [9.17, 15) is 4.79 Å². The number of rotatable bonds is 3. The van der Waals surface area contributed by atoms with Crippen molar-refractivity contribution < 1.29 is 9.90 Å². The van der Waals surface area contributed by atoms with Crippen molar-refractivity contribution in [3.63, 3.8) is 0 Å². The average Bonchev–Trinajstić information content (AvgIpc) is 2.73. The van der Waals surface area contributed by atoms with Crippen molar-refractivity contribution in [2.75, 3.05) is 0 Å². The Morgan fingerprint density at radius 2 is 2.18 bits per heavy atom. The molecule has 90 valence electrons. The zero-order valence-electron chi connectivity index (χ0n) is 9.58. The van der Waals surface area contributed by atoms with Crippen LogP contribution in [0.5, 0.6) is 0 Å². The molecule has 2 aromatic rings. The Hall–Kier alpha value is -1.83. The van der Waals surface area contributed by atoms with Crippen LogP contribution in [0.4, 0.5) is 0 Å². The molecule has 0 aliphatic heterocycles. The summed E-state index contributed by atoms with van der Waals surface area (Å²) < 4.78 is 3.26. The van der Waals surface area contributed by atoms with E-state index in [1.165, 1.54) is 16.4 Å². The number of carboxylic acid groups (broad SMARTS) is 1. The molecule has 0 saturated heterocycles. The lowest BCUT2D eigenvalue weighted by Crippen LogP contribution is -2.01. The summed E-state index contributed by atoms with van der Waals surface area (Å²) in [5.41, 5.74) is 0.699. The molecule has 0 saturated carbocycles. The number of carbonyl (C=O) groups is 1. The summed E-state index contributed by atoms with van der Waals surface area (Å²) in [5.74, 6) is -0.986. The maximum atomic E-state index is 11.2. The monoisotopic (exact) mass is 253 g/mol. The molecule has 0 spiro atoms. The van der Waals surface area contributed by atoms with E-state index in [-0.39, 0.29) is 5.56 Å². The SMILES string of the molecule is Cc1nn(C)c(Sc2nncn2C)c1C(=O)O. The van der Waals surface area contributed by atoms with Gasteiger partial charge in [-0.05, 0) is 18.7 Å². The summed E-state index contributed by atoms with van der Waals surface area (Å²) in [6.45, 7) is 1.67. The van der Waals surface area contributed by atoms with Crippen molar-refractivity contribution in [1.82, 2.24) is 24.5 Å². The quantitative estimate of drug-likeness (QED) is 0.866. The molecular formula is C9H11N5O2S. The first-order valence-corrected chi connectivity index (χ1v) is 5.61. The molecule has 0 bridgehead atoms. The smallest absolute Gasteiger partial charge is 0.340 e. The second kappa shape index (κ2) is 4.21. The van der Waals surface area contributed by atoms with E-state index in [1.54, 1.807) is 31.9 Å². The normalized spacial score (nSPS) is 10.8. The van der Waals surface area contributed by atoms with Gasteiger partial charge in [-0.2, -0.15) is 5.10 Å². The van der Waals surface area contributed by atoms with Gasteiger partial charge < -0.3 is 9.67 Å². The number of carboxylic acids is 1. The molecule has 17 heavy (non-hydrogen) atoms. The first kappa shape index (κ1) is 11.6. The number of aryl methyl sites for hydroxylation is 3. The molecule has 0 amide bonds. The summed E-state index contributed by atoms with van der Waals surface area (Å²) in [4.78, 5) is 11.2. The van der Waals surface area contributed by atoms with Crippen LogP contribution in [0.1, 0.15) is 16.1 Å². The second-order valence-electron chi connectivity index (χ2n) is 3.52. The van der Waals surface area contributed by atoms with Gasteiger partial charge >= 0.3 is 5.97 Å². The van der Waals surface area contributed by atoms with Crippen LogP contribution in [-0.4, -0.2) is 35.6 Å². The third-order valence-electron chi connectivity index (χ3n) is 2.24. The van der Waals surface area contributed by atoms with Crippen molar-refractivity contribution in [3.8, 4) is 0 Å². The molecule has 0 aliphatic carbocycles. The van der Waals surface area contributed by atoms with Crippen molar-refractivity contribution in [1.29, 1.82) is 0 Å². The predicted octanol–water partition coefficient (Wildman–Crippen LogP) is 0.706. The predicted molar refractivity (Wildman–Crippen MR) is 60.0 cm³/mol. The molecule has 0 aromatic carbocycles. The van der Waals surface area contributed by atoms with Crippen molar-refractivity contribution in [3.05, 3.63) is 17.6 Å². The Bertz CT molecular complexity index is 574. The summed E-state index contributed by atoms with van der Waals surface area (Å²) in [6.07, 6.45) is 1.56. The van der Waals surface area contributed by atoms with Gasteiger partial charge in [-0.1, -0.05) is 0 Å². The molecule has 1 N–H and O–H groups in total. The molecule has 0 atom stereocenters. The highest BCUT2D eigenvalue weighted by Crippen LogP contribution is 2.29. The fraction of sp³-hybridized carbons (Fsp3) is 0.333. The van der Waals surface area contributed by atoms with Gasteiger partial charge in [-0.25, -0.2) is 4.79 Å².